The second-order valence-corrected chi connectivity index (χ2v) is 5.04. The van der Waals surface area contributed by atoms with Crippen molar-refractivity contribution in [3.8, 4) is 5.88 Å². The Morgan fingerprint density at radius 3 is 2.55 bits per heavy atom. The number of fused-ring (bicyclic) bond motifs is 2. The van der Waals surface area contributed by atoms with Crippen LogP contribution in [0.5, 0.6) is 5.88 Å². The Kier molecular flexibility index (Phi) is 6.05. The number of carbonyl (C=O) groups is 1. The summed E-state index contributed by atoms with van der Waals surface area (Å²) in [6.07, 6.45) is 6.03. The van der Waals surface area contributed by atoms with E-state index in [1.807, 2.05) is 0 Å². The fourth-order valence-corrected chi connectivity index (χ4v) is 2.88. The summed E-state index contributed by atoms with van der Waals surface area (Å²) in [5.74, 6) is -0.533. The molecule has 2 bridgehead atoms. The number of rotatable bonds is 3. The number of nitrogens with one attached hydrogen (secondary N) is 1. The molecule has 1 aromatic heterocycles. The van der Waals surface area contributed by atoms with Gasteiger partial charge in [0.25, 0.3) is 0 Å². The van der Waals surface area contributed by atoms with Crippen LogP contribution in [0.25, 0.3) is 0 Å². The lowest BCUT2D eigenvalue weighted by Crippen LogP contribution is -2.42. The van der Waals surface area contributed by atoms with Crippen molar-refractivity contribution in [1.29, 1.82) is 0 Å². The molecule has 2 aliphatic rings. The van der Waals surface area contributed by atoms with Crippen LogP contribution in [0.15, 0.2) is 18.3 Å². The van der Waals surface area contributed by atoms with Crippen LogP contribution < -0.4 is 10.1 Å². The first-order valence-electron chi connectivity index (χ1n) is 6.33. The molecular weight excluding hydrogens is 303 g/mol. The third-order valence-corrected chi connectivity index (χ3v) is 3.70. The SMILES string of the molecule is Cl.Cl.O=C(O)c1ccnc(OC2CC3CCC(C2)N3)c1. The number of carboxylic acid groups (broad SMARTS) is 1. The molecule has 0 amide bonds. The van der Waals surface area contributed by atoms with Crippen molar-refractivity contribution in [1.82, 2.24) is 10.3 Å². The lowest BCUT2D eigenvalue weighted by molar-refractivity contribution is 0.0694. The van der Waals surface area contributed by atoms with Crippen molar-refractivity contribution in [2.75, 3.05) is 0 Å². The van der Waals surface area contributed by atoms with Crippen LogP contribution in [0.2, 0.25) is 0 Å². The number of halogens is 2. The molecule has 3 heterocycles. The van der Waals surface area contributed by atoms with Crippen molar-refractivity contribution < 1.29 is 14.6 Å². The van der Waals surface area contributed by atoms with Crippen molar-refractivity contribution in [2.45, 2.75) is 43.9 Å². The summed E-state index contributed by atoms with van der Waals surface area (Å²) in [5.41, 5.74) is 0.219. The average molecular weight is 321 g/mol. The van der Waals surface area contributed by atoms with Gasteiger partial charge in [-0.1, -0.05) is 0 Å². The lowest BCUT2D eigenvalue weighted by Gasteiger charge is -2.29. The Bertz CT molecular complexity index is 461. The molecule has 2 saturated heterocycles. The average Bonchev–Trinajstić information content (AvgIpc) is 2.69. The van der Waals surface area contributed by atoms with Gasteiger partial charge in [0, 0.05) is 24.3 Å². The van der Waals surface area contributed by atoms with Gasteiger partial charge in [-0.25, -0.2) is 9.78 Å². The van der Waals surface area contributed by atoms with Gasteiger partial charge in [0.15, 0.2) is 0 Å². The van der Waals surface area contributed by atoms with E-state index in [4.69, 9.17) is 9.84 Å². The maximum Gasteiger partial charge on any atom is 0.335 e. The molecule has 3 rings (SSSR count). The molecule has 2 N–H and O–H groups in total. The molecule has 0 aromatic carbocycles. The van der Waals surface area contributed by atoms with Crippen LogP contribution in [0.3, 0.4) is 0 Å². The molecule has 1 aromatic rings. The number of nitrogens with zero attached hydrogens (tertiary/aromatic N) is 1. The topological polar surface area (TPSA) is 71.5 Å². The fraction of sp³-hybridized carbons (Fsp3) is 0.538. The van der Waals surface area contributed by atoms with Gasteiger partial charge in [0.05, 0.1) is 5.56 Å². The molecule has 0 spiro atoms. The number of pyridine rings is 1. The highest BCUT2D eigenvalue weighted by atomic mass is 35.5. The molecule has 2 fully saturated rings. The molecule has 2 aliphatic heterocycles. The molecular formula is C13H18Cl2N2O3. The first kappa shape index (κ1) is 17.0. The summed E-state index contributed by atoms with van der Waals surface area (Å²) in [6.45, 7) is 0. The van der Waals surface area contributed by atoms with E-state index in [2.05, 4.69) is 10.3 Å². The van der Waals surface area contributed by atoms with Crippen LogP contribution in [-0.4, -0.2) is 34.2 Å². The van der Waals surface area contributed by atoms with Crippen LogP contribution >= 0.6 is 24.8 Å². The van der Waals surface area contributed by atoms with Crippen LogP contribution in [0.1, 0.15) is 36.0 Å². The molecule has 112 valence electrons. The Morgan fingerprint density at radius 2 is 1.95 bits per heavy atom. The van der Waals surface area contributed by atoms with E-state index in [0.29, 0.717) is 18.0 Å². The van der Waals surface area contributed by atoms with Gasteiger partial charge in [-0.3, -0.25) is 0 Å². The Morgan fingerprint density at radius 1 is 1.30 bits per heavy atom. The first-order valence-corrected chi connectivity index (χ1v) is 6.33. The van der Waals surface area contributed by atoms with Gasteiger partial charge < -0.3 is 15.2 Å². The minimum Gasteiger partial charge on any atom is -0.478 e. The van der Waals surface area contributed by atoms with Crippen LogP contribution in [0.4, 0.5) is 0 Å². The maximum atomic E-state index is 10.9. The summed E-state index contributed by atoms with van der Waals surface area (Å²) < 4.78 is 5.81. The van der Waals surface area contributed by atoms with Gasteiger partial charge in [0.1, 0.15) is 6.10 Å². The summed E-state index contributed by atoms with van der Waals surface area (Å²) in [7, 11) is 0. The maximum absolute atomic E-state index is 10.9. The smallest absolute Gasteiger partial charge is 0.335 e. The standard InChI is InChI=1S/C13H16N2O3.2ClH/c16-13(17)8-3-4-14-12(5-8)18-11-6-9-1-2-10(7-11)15-9;;/h3-5,9-11,15H,1-2,6-7H2,(H,16,17);2*1H. The van der Waals surface area contributed by atoms with Gasteiger partial charge in [0.2, 0.25) is 5.88 Å². The van der Waals surface area contributed by atoms with E-state index in [1.54, 1.807) is 0 Å². The highest BCUT2D eigenvalue weighted by molar-refractivity contribution is 5.87. The number of hydrogen-bond donors (Lipinski definition) is 2. The molecule has 20 heavy (non-hydrogen) atoms. The predicted molar refractivity (Wildman–Crippen MR) is 79.3 cm³/mol. The number of hydrogen-bond acceptors (Lipinski definition) is 4. The number of piperidine rings is 1. The molecule has 5 nitrogen and oxygen atoms in total. The second-order valence-electron chi connectivity index (χ2n) is 5.04. The zero-order valence-electron chi connectivity index (χ0n) is 10.8. The molecule has 0 aliphatic carbocycles. The van der Waals surface area contributed by atoms with E-state index >= 15 is 0 Å². The number of aromatic carboxylic acids is 1. The molecule has 2 atom stereocenters. The molecule has 7 heteroatoms. The summed E-state index contributed by atoms with van der Waals surface area (Å²) >= 11 is 0. The van der Waals surface area contributed by atoms with Gasteiger partial charge in [-0.05, 0) is 31.7 Å². The van der Waals surface area contributed by atoms with Gasteiger partial charge in [-0.15, -0.1) is 24.8 Å². The summed E-state index contributed by atoms with van der Waals surface area (Å²) in [6, 6.07) is 4.07. The molecule has 0 radical (unpaired) electrons. The monoisotopic (exact) mass is 320 g/mol. The van der Waals surface area contributed by atoms with Crippen molar-refractivity contribution in [3.05, 3.63) is 23.9 Å². The second kappa shape index (κ2) is 7.11. The van der Waals surface area contributed by atoms with E-state index in [1.165, 1.54) is 31.2 Å². The van der Waals surface area contributed by atoms with Crippen molar-refractivity contribution >= 4 is 30.8 Å². The third kappa shape index (κ3) is 3.75. The van der Waals surface area contributed by atoms with Crippen LogP contribution in [-0.2, 0) is 0 Å². The quantitative estimate of drug-likeness (QED) is 0.894. The zero-order valence-corrected chi connectivity index (χ0v) is 12.5. The van der Waals surface area contributed by atoms with Crippen molar-refractivity contribution in [2.24, 2.45) is 0 Å². The third-order valence-electron chi connectivity index (χ3n) is 3.70. The van der Waals surface area contributed by atoms with E-state index < -0.39 is 5.97 Å². The van der Waals surface area contributed by atoms with Gasteiger partial charge in [-0.2, -0.15) is 0 Å². The van der Waals surface area contributed by atoms with Crippen molar-refractivity contribution in [3.63, 3.8) is 0 Å². The predicted octanol–water partition coefficient (Wildman–Crippen LogP) is 2.29. The van der Waals surface area contributed by atoms with E-state index in [9.17, 15) is 4.79 Å². The van der Waals surface area contributed by atoms with E-state index in [-0.39, 0.29) is 36.5 Å². The summed E-state index contributed by atoms with van der Waals surface area (Å²) in [4.78, 5) is 14.9. The van der Waals surface area contributed by atoms with Gasteiger partial charge >= 0.3 is 5.97 Å². The molecule has 0 saturated carbocycles. The largest absolute Gasteiger partial charge is 0.478 e. The highest BCUT2D eigenvalue weighted by Gasteiger charge is 2.34. The fourth-order valence-electron chi connectivity index (χ4n) is 2.88. The number of carboxylic acids is 1. The molecule has 2 unspecified atom stereocenters. The summed E-state index contributed by atoms with van der Waals surface area (Å²) in [5, 5.41) is 12.5. The number of ether oxygens (including phenoxy) is 1. The minimum atomic E-state index is -0.951. The minimum absolute atomic E-state index is 0. The Labute approximate surface area is 129 Å². The van der Waals surface area contributed by atoms with E-state index in [0.717, 1.165) is 12.8 Å². The Balaban J connectivity index is 0.000001000. The first-order chi connectivity index (χ1) is 8.70. The highest BCUT2D eigenvalue weighted by Crippen LogP contribution is 2.29. The zero-order chi connectivity index (χ0) is 12.5. The Hall–Kier alpha value is -1.04. The normalized spacial score (nSPS) is 27.1. The van der Waals surface area contributed by atoms with Crippen LogP contribution in [0, 0.1) is 0 Å². The number of aromatic nitrogens is 1. The lowest BCUT2D eigenvalue weighted by atomic mass is 10.0.